The summed E-state index contributed by atoms with van der Waals surface area (Å²) in [4.78, 5) is 12.8. The van der Waals surface area contributed by atoms with E-state index in [1.54, 1.807) is 11.8 Å². The van der Waals surface area contributed by atoms with Gasteiger partial charge in [-0.15, -0.1) is 11.8 Å². The van der Waals surface area contributed by atoms with Crippen LogP contribution in [0.15, 0.2) is 35.2 Å². The Labute approximate surface area is 113 Å². The second-order valence-corrected chi connectivity index (χ2v) is 5.68. The Hall–Kier alpha value is -1.00. The molecule has 0 aliphatic carbocycles. The van der Waals surface area contributed by atoms with Crippen LogP contribution in [0.4, 0.5) is 0 Å². The van der Waals surface area contributed by atoms with Gasteiger partial charge in [0.25, 0.3) is 0 Å². The van der Waals surface area contributed by atoms with Crippen LogP contribution in [-0.2, 0) is 4.79 Å². The molecule has 100 valence electrons. The molecule has 1 aromatic carbocycles. The number of carbonyl (C=O) groups excluding carboxylic acids is 1. The highest BCUT2D eigenvalue weighted by molar-refractivity contribution is 7.99. The van der Waals surface area contributed by atoms with Gasteiger partial charge in [-0.05, 0) is 18.1 Å². The van der Waals surface area contributed by atoms with Gasteiger partial charge in [-0.2, -0.15) is 0 Å². The summed E-state index contributed by atoms with van der Waals surface area (Å²) in [5.74, 6) is 1.01. The van der Waals surface area contributed by atoms with Crippen molar-refractivity contribution in [1.82, 2.24) is 5.32 Å². The Morgan fingerprint density at radius 2 is 2.00 bits per heavy atom. The van der Waals surface area contributed by atoms with Crippen LogP contribution in [-0.4, -0.2) is 29.4 Å². The Morgan fingerprint density at radius 3 is 2.56 bits per heavy atom. The van der Waals surface area contributed by atoms with Crippen LogP contribution in [0.1, 0.15) is 20.3 Å². The number of amides is 1. The predicted octanol–water partition coefficient (Wildman–Crippen LogP) is 2.30. The average molecular weight is 267 g/mol. The number of rotatable bonds is 7. The van der Waals surface area contributed by atoms with E-state index >= 15 is 0 Å². The van der Waals surface area contributed by atoms with Gasteiger partial charge in [-0.3, -0.25) is 4.79 Å². The van der Waals surface area contributed by atoms with E-state index in [1.165, 1.54) is 4.90 Å². The molecule has 3 nitrogen and oxygen atoms in total. The monoisotopic (exact) mass is 267 g/mol. The summed E-state index contributed by atoms with van der Waals surface area (Å²) in [7, 11) is 0. The highest BCUT2D eigenvalue weighted by Crippen LogP contribution is 2.17. The van der Waals surface area contributed by atoms with Gasteiger partial charge in [0.15, 0.2) is 0 Å². The summed E-state index contributed by atoms with van der Waals surface area (Å²) in [6.07, 6.45) is 0.475. The van der Waals surface area contributed by atoms with Gasteiger partial charge in [-0.25, -0.2) is 0 Å². The van der Waals surface area contributed by atoms with Gasteiger partial charge < -0.3 is 10.4 Å². The molecule has 1 atom stereocenters. The number of aliphatic hydroxyl groups is 1. The first kappa shape index (κ1) is 15.1. The fourth-order valence-electron chi connectivity index (χ4n) is 1.48. The van der Waals surface area contributed by atoms with Crippen LogP contribution in [0.5, 0.6) is 0 Å². The first-order valence-corrected chi connectivity index (χ1v) is 7.20. The van der Waals surface area contributed by atoms with Gasteiger partial charge >= 0.3 is 0 Å². The van der Waals surface area contributed by atoms with Gasteiger partial charge in [0.05, 0.1) is 12.6 Å². The van der Waals surface area contributed by atoms with E-state index in [-0.39, 0.29) is 24.5 Å². The van der Waals surface area contributed by atoms with Crippen molar-refractivity contribution in [3.8, 4) is 0 Å². The third-order valence-electron chi connectivity index (χ3n) is 2.69. The van der Waals surface area contributed by atoms with Crippen molar-refractivity contribution in [2.45, 2.75) is 31.2 Å². The van der Waals surface area contributed by atoms with Gasteiger partial charge in [-0.1, -0.05) is 32.0 Å². The van der Waals surface area contributed by atoms with Crippen molar-refractivity contribution in [2.75, 3.05) is 12.4 Å². The third kappa shape index (κ3) is 5.56. The highest BCUT2D eigenvalue weighted by atomic mass is 32.2. The molecule has 0 radical (unpaired) electrons. The Balaban J connectivity index is 2.25. The van der Waals surface area contributed by atoms with Crippen LogP contribution >= 0.6 is 11.8 Å². The molecule has 0 heterocycles. The third-order valence-corrected chi connectivity index (χ3v) is 3.70. The number of hydrogen-bond donors (Lipinski definition) is 2. The predicted molar refractivity (Wildman–Crippen MR) is 75.6 cm³/mol. The lowest BCUT2D eigenvalue weighted by atomic mass is 10.1. The molecule has 2 N–H and O–H groups in total. The fourth-order valence-corrected chi connectivity index (χ4v) is 2.35. The largest absolute Gasteiger partial charge is 0.394 e. The Morgan fingerprint density at radius 1 is 1.33 bits per heavy atom. The van der Waals surface area contributed by atoms with E-state index in [0.717, 1.165) is 5.75 Å². The minimum Gasteiger partial charge on any atom is -0.394 e. The number of aliphatic hydroxyl groups excluding tert-OH is 1. The molecule has 0 aromatic heterocycles. The number of carbonyl (C=O) groups is 1. The van der Waals surface area contributed by atoms with Gasteiger partial charge in [0.2, 0.25) is 5.91 Å². The lowest BCUT2D eigenvalue weighted by Crippen LogP contribution is -2.41. The maximum atomic E-state index is 11.7. The van der Waals surface area contributed by atoms with E-state index in [9.17, 15) is 4.79 Å². The molecule has 4 heteroatoms. The lowest BCUT2D eigenvalue weighted by Gasteiger charge is -2.19. The summed E-state index contributed by atoms with van der Waals surface area (Å²) < 4.78 is 0. The zero-order chi connectivity index (χ0) is 13.4. The van der Waals surface area contributed by atoms with Gasteiger partial charge in [0.1, 0.15) is 0 Å². The average Bonchev–Trinajstić information content (AvgIpc) is 2.37. The molecule has 0 aliphatic rings. The summed E-state index contributed by atoms with van der Waals surface area (Å²) >= 11 is 1.67. The van der Waals surface area contributed by atoms with Gasteiger partial charge in [0, 0.05) is 17.1 Å². The number of thioether (sulfide) groups is 1. The second-order valence-electron chi connectivity index (χ2n) is 4.51. The smallest absolute Gasteiger partial charge is 0.221 e. The topological polar surface area (TPSA) is 49.3 Å². The summed E-state index contributed by atoms with van der Waals surface area (Å²) in [5, 5.41) is 12.0. The molecule has 0 spiro atoms. The number of benzene rings is 1. The van der Waals surface area contributed by atoms with Crippen LogP contribution in [0.2, 0.25) is 0 Å². The molecular formula is C14H21NO2S. The zero-order valence-corrected chi connectivity index (χ0v) is 11.7. The maximum Gasteiger partial charge on any atom is 0.221 e. The Bertz CT molecular complexity index is 354. The van der Waals surface area contributed by atoms with Crippen LogP contribution in [0.3, 0.4) is 0 Å². The van der Waals surface area contributed by atoms with Crippen molar-refractivity contribution >= 4 is 17.7 Å². The fraction of sp³-hybridized carbons (Fsp3) is 0.500. The Kier molecular flexibility index (Phi) is 6.83. The summed E-state index contributed by atoms with van der Waals surface area (Å²) in [6.45, 7) is 3.97. The normalized spacial score (nSPS) is 12.4. The SMILES string of the molecule is CC(C)C(CO)NC(=O)CCSc1ccccc1. The standard InChI is InChI=1S/C14H21NO2S/c1-11(2)13(10-16)15-14(17)8-9-18-12-6-4-3-5-7-12/h3-7,11,13,16H,8-10H2,1-2H3,(H,15,17). The first-order valence-electron chi connectivity index (χ1n) is 6.21. The number of hydrogen-bond acceptors (Lipinski definition) is 3. The minimum absolute atomic E-state index is 0.00473. The molecule has 0 fully saturated rings. The first-order chi connectivity index (χ1) is 8.63. The quantitative estimate of drug-likeness (QED) is 0.745. The van der Waals surface area contributed by atoms with E-state index in [0.29, 0.717) is 6.42 Å². The molecule has 1 unspecified atom stereocenters. The van der Waals surface area contributed by atoms with Crippen LogP contribution in [0.25, 0.3) is 0 Å². The van der Waals surface area contributed by atoms with E-state index in [1.807, 2.05) is 44.2 Å². The molecule has 0 aliphatic heterocycles. The molecule has 0 bridgehead atoms. The van der Waals surface area contributed by atoms with Crippen LogP contribution < -0.4 is 5.32 Å². The zero-order valence-electron chi connectivity index (χ0n) is 10.9. The lowest BCUT2D eigenvalue weighted by molar-refractivity contribution is -0.122. The van der Waals surface area contributed by atoms with E-state index in [4.69, 9.17) is 5.11 Å². The van der Waals surface area contributed by atoms with Crippen molar-refractivity contribution in [2.24, 2.45) is 5.92 Å². The van der Waals surface area contributed by atoms with E-state index < -0.39 is 0 Å². The highest BCUT2D eigenvalue weighted by Gasteiger charge is 2.14. The molecule has 1 rings (SSSR count). The number of nitrogens with one attached hydrogen (secondary N) is 1. The second kappa shape index (κ2) is 8.16. The van der Waals surface area contributed by atoms with Crippen molar-refractivity contribution in [3.05, 3.63) is 30.3 Å². The molecular weight excluding hydrogens is 246 g/mol. The summed E-state index contributed by atoms with van der Waals surface area (Å²) in [6, 6.07) is 9.89. The molecule has 1 aromatic rings. The van der Waals surface area contributed by atoms with Crippen molar-refractivity contribution in [3.63, 3.8) is 0 Å². The molecule has 0 saturated heterocycles. The molecule has 0 saturated carbocycles. The van der Waals surface area contributed by atoms with Crippen LogP contribution in [0, 0.1) is 5.92 Å². The maximum absolute atomic E-state index is 11.7. The molecule has 1 amide bonds. The van der Waals surface area contributed by atoms with E-state index in [2.05, 4.69) is 5.32 Å². The van der Waals surface area contributed by atoms with Crippen molar-refractivity contribution < 1.29 is 9.90 Å². The van der Waals surface area contributed by atoms with Crippen molar-refractivity contribution in [1.29, 1.82) is 0 Å². The molecule has 18 heavy (non-hydrogen) atoms. The summed E-state index contributed by atoms with van der Waals surface area (Å²) in [5.41, 5.74) is 0. The minimum atomic E-state index is -0.140.